The van der Waals surface area contributed by atoms with Crippen molar-refractivity contribution in [2.45, 2.75) is 38.3 Å². The van der Waals surface area contributed by atoms with Gasteiger partial charge in [0.25, 0.3) is 5.91 Å². The van der Waals surface area contributed by atoms with Crippen molar-refractivity contribution in [2.75, 3.05) is 23.4 Å². The Kier molecular flexibility index (Phi) is 4.99. The van der Waals surface area contributed by atoms with Gasteiger partial charge in [0.1, 0.15) is 5.75 Å². The van der Waals surface area contributed by atoms with Gasteiger partial charge in [0.15, 0.2) is 16.4 Å². The first-order valence-electron chi connectivity index (χ1n) is 8.36. The Morgan fingerprint density at radius 2 is 1.84 bits per heavy atom. The van der Waals surface area contributed by atoms with Gasteiger partial charge in [0.05, 0.1) is 11.5 Å². The summed E-state index contributed by atoms with van der Waals surface area (Å²) in [5.41, 5.74) is 0.655. The summed E-state index contributed by atoms with van der Waals surface area (Å²) in [7, 11) is -3.03. The molecule has 1 saturated heterocycles. The summed E-state index contributed by atoms with van der Waals surface area (Å²) in [5, 5.41) is 2.66. The van der Waals surface area contributed by atoms with Crippen LogP contribution in [-0.2, 0) is 19.4 Å². The highest BCUT2D eigenvalue weighted by Crippen LogP contribution is 2.32. The molecule has 8 heteroatoms. The van der Waals surface area contributed by atoms with Crippen molar-refractivity contribution in [3.8, 4) is 5.75 Å². The molecule has 0 radical (unpaired) electrons. The van der Waals surface area contributed by atoms with Gasteiger partial charge in [0, 0.05) is 24.7 Å². The van der Waals surface area contributed by atoms with Crippen molar-refractivity contribution < 1.29 is 22.7 Å². The van der Waals surface area contributed by atoms with Crippen LogP contribution in [0.3, 0.4) is 0 Å². The second kappa shape index (κ2) is 7.03. The molecular weight excluding hydrogens is 344 g/mol. The summed E-state index contributed by atoms with van der Waals surface area (Å²) in [6.07, 6.45) is 2.36. The van der Waals surface area contributed by atoms with Crippen LogP contribution < -0.4 is 10.1 Å². The molecule has 2 amide bonds. The van der Waals surface area contributed by atoms with E-state index in [9.17, 15) is 18.0 Å². The van der Waals surface area contributed by atoms with E-state index in [1.165, 1.54) is 6.92 Å². The molecule has 1 aromatic rings. The van der Waals surface area contributed by atoms with E-state index < -0.39 is 9.84 Å². The fourth-order valence-corrected chi connectivity index (χ4v) is 4.82. The number of sulfone groups is 1. The quantitative estimate of drug-likeness (QED) is 0.817. The van der Waals surface area contributed by atoms with Crippen LogP contribution in [-0.4, -0.2) is 55.3 Å². The average Bonchev–Trinajstić information content (AvgIpc) is 3.30. The van der Waals surface area contributed by atoms with Gasteiger partial charge in [-0.2, -0.15) is 0 Å². The van der Waals surface area contributed by atoms with E-state index in [-0.39, 0.29) is 42.0 Å². The molecule has 1 atom stereocenters. The van der Waals surface area contributed by atoms with Crippen LogP contribution in [0.2, 0.25) is 0 Å². The van der Waals surface area contributed by atoms with Gasteiger partial charge in [-0.3, -0.25) is 9.59 Å². The Bertz CT molecular complexity index is 756. The van der Waals surface area contributed by atoms with Crippen LogP contribution in [0.1, 0.15) is 26.2 Å². The number of nitrogens with zero attached hydrogens (tertiary/aromatic N) is 1. The third-order valence-electron chi connectivity index (χ3n) is 4.37. The fraction of sp³-hybridized carbons (Fsp3) is 0.529. The second-order valence-electron chi connectivity index (χ2n) is 6.58. The van der Waals surface area contributed by atoms with E-state index in [4.69, 9.17) is 4.74 Å². The number of benzene rings is 1. The SMILES string of the molecule is CC(=O)Nc1ccc(OCC(=O)N(C2CC2)[C@@H]2CCS(=O)(=O)C2)cc1. The minimum atomic E-state index is -3.03. The third-order valence-corrected chi connectivity index (χ3v) is 6.12. The van der Waals surface area contributed by atoms with Gasteiger partial charge in [-0.1, -0.05) is 0 Å². The van der Waals surface area contributed by atoms with E-state index in [1.807, 2.05) is 0 Å². The van der Waals surface area contributed by atoms with Gasteiger partial charge in [0.2, 0.25) is 5.91 Å². The number of nitrogens with one attached hydrogen (secondary N) is 1. The molecule has 3 rings (SSSR count). The summed E-state index contributed by atoms with van der Waals surface area (Å²) in [4.78, 5) is 25.3. The molecule has 1 aliphatic carbocycles. The number of hydrogen-bond donors (Lipinski definition) is 1. The topological polar surface area (TPSA) is 92.8 Å². The second-order valence-corrected chi connectivity index (χ2v) is 8.81. The lowest BCUT2D eigenvalue weighted by atomic mass is 10.2. The molecule has 1 aliphatic heterocycles. The molecule has 0 unspecified atom stereocenters. The first-order chi connectivity index (χ1) is 11.8. The first kappa shape index (κ1) is 17.7. The molecule has 25 heavy (non-hydrogen) atoms. The molecule has 0 bridgehead atoms. The van der Waals surface area contributed by atoms with Gasteiger partial charge < -0.3 is 15.0 Å². The van der Waals surface area contributed by atoms with Crippen molar-refractivity contribution in [2.24, 2.45) is 0 Å². The van der Waals surface area contributed by atoms with Crippen molar-refractivity contribution >= 4 is 27.3 Å². The lowest BCUT2D eigenvalue weighted by Crippen LogP contribution is -2.45. The normalized spacial score (nSPS) is 21.6. The fourth-order valence-electron chi connectivity index (χ4n) is 3.11. The zero-order valence-corrected chi connectivity index (χ0v) is 14.9. The lowest BCUT2D eigenvalue weighted by Gasteiger charge is -2.28. The minimum absolute atomic E-state index is 0.0562. The molecule has 136 valence electrons. The van der Waals surface area contributed by atoms with Crippen LogP contribution in [0.25, 0.3) is 0 Å². The number of amides is 2. The summed E-state index contributed by atoms with van der Waals surface area (Å²) < 4.78 is 28.9. The average molecular weight is 366 g/mol. The maximum atomic E-state index is 12.6. The van der Waals surface area contributed by atoms with E-state index >= 15 is 0 Å². The zero-order chi connectivity index (χ0) is 18.0. The predicted octanol–water partition coefficient (Wildman–Crippen LogP) is 1.20. The van der Waals surface area contributed by atoms with E-state index in [0.717, 1.165) is 12.8 Å². The number of rotatable bonds is 6. The molecule has 1 heterocycles. The van der Waals surface area contributed by atoms with E-state index in [1.54, 1.807) is 29.2 Å². The lowest BCUT2D eigenvalue weighted by molar-refractivity contribution is -0.135. The summed E-state index contributed by atoms with van der Waals surface area (Å²) >= 11 is 0. The van der Waals surface area contributed by atoms with Crippen LogP contribution in [0.5, 0.6) is 5.75 Å². The minimum Gasteiger partial charge on any atom is -0.484 e. The van der Waals surface area contributed by atoms with Crippen LogP contribution in [0.4, 0.5) is 5.69 Å². The maximum Gasteiger partial charge on any atom is 0.261 e. The van der Waals surface area contributed by atoms with Crippen LogP contribution >= 0.6 is 0 Å². The molecule has 7 nitrogen and oxygen atoms in total. The molecule has 2 aliphatic rings. The van der Waals surface area contributed by atoms with Crippen molar-refractivity contribution in [1.29, 1.82) is 0 Å². The summed E-state index contributed by atoms with van der Waals surface area (Å²) in [6, 6.07) is 6.68. The highest BCUT2D eigenvalue weighted by atomic mass is 32.2. The first-order valence-corrected chi connectivity index (χ1v) is 10.2. The maximum absolute atomic E-state index is 12.6. The van der Waals surface area contributed by atoms with E-state index in [0.29, 0.717) is 17.9 Å². The smallest absolute Gasteiger partial charge is 0.261 e. The molecule has 0 aromatic heterocycles. The Balaban J connectivity index is 1.58. The zero-order valence-electron chi connectivity index (χ0n) is 14.1. The number of carbonyl (C=O) groups excluding carboxylic acids is 2. The van der Waals surface area contributed by atoms with Gasteiger partial charge in [-0.05, 0) is 43.5 Å². The molecule has 1 aromatic carbocycles. The Labute approximate surface area is 147 Å². The van der Waals surface area contributed by atoms with Crippen LogP contribution in [0.15, 0.2) is 24.3 Å². The Morgan fingerprint density at radius 3 is 2.36 bits per heavy atom. The molecule has 0 spiro atoms. The highest BCUT2D eigenvalue weighted by molar-refractivity contribution is 7.91. The van der Waals surface area contributed by atoms with Crippen LogP contribution in [0, 0.1) is 0 Å². The molecule has 1 saturated carbocycles. The highest BCUT2D eigenvalue weighted by Gasteiger charge is 2.42. The van der Waals surface area contributed by atoms with Gasteiger partial charge in [-0.15, -0.1) is 0 Å². The number of ether oxygens (including phenoxy) is 1. The largest absolute Gasteiger partial charge is 0.484 e. The Hall–Kier alpha value is -2.09. The molecule has 2 fully saturated rings. The van der Waals surface area contributed by atoms with Gasteiger partial charge in [-0.25, -0.2) is 8.42 Å². The number of anilines is 1. The third kappa shape index (κ3) is 4.72. The predicted molar refractivity (Wildman–Crippen MR) is 93.2 cm³/mol. The standard InChI is InChI=1S/C17H22N2O5S/c1-12(20)18-13-2-6-16(7-3-13)24-10-17(21)19(14-4-5-14)15-8-9-25(22,23)11-15/h2-3,6-7,14-15H,4-5,8-11H2,1H3,(H,18,20)/t15-/m1/s1. The number of carbonyl (C=O) groups is 2. The van der Waals surface area contributed by atoms with Crippen molar-refractivity contribution in [1.82, 2.24) is 4.90 Å². The van der Waals surface area contributed by atoms with Crippen molar-refractivity contribution in [3.63, 3.8) is 0 Å². The van der Waals surface area contributed by atoms with E-state index in [2.05, 4.69) is 5.32 Å². The summed E-state index contributed by atoms with van der Waals surface area (Å²) in [6.45, 7) is 1.31. The molecule has 1 N–H and O–H groups in total. The number of hydrogen-bond acceptors (Lipinski definition) is 5. The Morgan fingerprint density at radius 1 is 1.16 bits per heavy atom. The molecular formula is C17H22N2O5S. The van der Waals surface area contributed by atoms with Crippen molar-refractivity contribution in [3.05, 3.63) is 24.3 Å². The summed E-state index contributed by atoms with van der Waals surface area (Å²) in [5.74, 6) is 0.406. The van der Waals surface area contributed by atoms with Gasteiger partial charge >= 0.3 is 0 Å². The monoisotopic (exact) mass is 366 g/mol.